The van der Waals surface area contributed by atoms with E-state index in [1.54, 1.807) is 7.05 Å². The molecular formula is C11H14N2O2S. The topological polar surface area (TPSA) is 47.2 Å². The van der Waals surface area contributed by atoms with Crippen molar-refractivity contribution >= 4 is 29.4 Å². The maximum absolute atomic E-state index is 11.3. The van der Waals surface area contributed by atoms with Crippen LogP contribution in [-0.4, -0.2) is 16.9 Å². The summed E-state index contributed by atoms with van der Waals surface area (Å²) >= 11 is 4.14. The molecule has 0 saturated heterocycles. The summed E-state index contributed by atoms with van der Waals surface area (Å²) in [6.07, 6.45) is 1.000. The predicted octanol–water partition coefficient (Wildman–Crippen LogP) is 1.86. The third-order valence-corrected chi connectivity index (χ3v) is 2.77. The van der Waals surface area contributed by atoms with E-state index in [-0.39, 0.29) is 5.76 Å². The molecule has 86 valence electrons. The van der Waals surface area contributed by atoms with Crippen molar-refractivity contribution in [3.8, 4) is 0 Å². The summed E-state index contributed by atoms with van der Waals surface area (Å²) in [5.74, 6) is 0.526. The summed E-state index contributed by atoms with van der Waals surface area (Å²) in [7, 11) is 1.70. The molecule has 0 aliphatic rings. The first-order valence-corrected chi connectivity index (χ1v) is 5.80. The lowest BCUT2D eigenvalue weighted by Gasteiger charge is -2.04. The number of anilines is 1. The summed E-state index contributed by atoms with van der Waals surface area (Å²) in [6.45, 7) is 0.867. The van der Waals surface area contributed by atoms with Gasteiger partial charge in [-0.1, -0.05) is 0 Å². The van der Waals surface area contributed by atoms with Gasteiger partial charge in [0, 0.05) is 25.3 Å². The molecular weight excluding hydrogens is 224 g/mol. The fraction of sp³-hybridized carbons (Fsp3) is 0.364. The van der Waals surface area contributed by atoms with Crippen LogP contribution in [0.2, 0.25) is 0 Å². The van der Waals surface area contributed by atoms with Crippen LogP contribution >= 0.6 is 12.6 Å². The third kappa shape index (κ3) is 2.09. The molecule has 16 heavy (non-hydrogen) atoms. The molecule has 4 nitrogen and oxygen atoms in total. The molecule has 0 atom stereocenters. The lowest BCUT2D eigenvalue weighted by molar-refractivity contribution is 0.528. The number of aromatic nitrogens is 1. The maximum atomic E-state index is 11.3. The molecule has 0 fully saturated rings. The smallest absolute Gasteiger partial charge is 0.408 e. The molecule has 0 spiro atoms. The molecule has 2 aromatic rings. The van der Waals surface area contributed by atoms with Gasteiger partial charge in [-0.25, -0.2) is 4.79 Å². The zero-order chi connectivity index (χ0) is 11.5. The van der Waals surface area contributed by atoms with E-state index in [1.165, 1.54) is 4.57 Å². The first-order valence-electron chi connectivity index (χ1n) is 5.16. The van der Waals surface area contributed by atoms with Crippen molar-refractivity contribution in [3.05, 3.63) is 28.7 Å². The van der Waals surface area contributed by atoms with Crippen LogP contribution in [0.5, 0.6) is 0 Å². The first kappa shape index (κ1) is 11.1. The second-order valence-electron chi connectivity index (χ2n) is 3.61. The lowest BCUT2D eigenvalue weighted by Crippen LogP contribution is -2.08. The Hall–Kier alpha value is -1.36. The van der Waals surface area contributed by atoms with Crippen molar-refractivity contribution in [3.63, 3.8) is 0 Å². The number of hydrogen-bond acceptors (Lipinski definition) is 4. The maximum Gasteiger partial charge on any atom is 0.419 e. The van der Waals surface area contributed by atoms with Crippen LogP contribution in [0.4, 0.5) is 5.69 Å². The standard InChI is InChI=1S/C11H14N2O2S/c1-13-9-4-3-8(12-5-2-6-16)7-10(9)15-11(13)14/h3-4,7,12,16H,2,5-6H2,1H3. The first-order chi connectivity index (χ1) is 7.72. The average Bonchev–Trinajstić information content (AvgIpc) is 2.55. The van der Waals surface area contributed by atoms with Gasteiger partial charge in [-0.15, -0.1) is 0 Å². The van der Waals surface area contributed by atoms with E-state index < -0.39 is 0 Å². The van der Waals surface area contributed by atoms with Gasteiger partial charge in [0.05, 0.1) is 5.52 Å². The molecule has 0 radical (unpaired) electrons. The van der Waals surface area contributed by atoms with Crippen LogP contribution in [0.15, 0.2) is 27.4 Å². The van der Waals surface area contributed by atoms with E-state index in [4.69, 9.17) is 4.42 Å². The molecule has 0 bridgehead atoms. The number of hydrogen-bond donors (Lipinski definition) is 2. The minimum absolute atomic E-state index is 0.331. The number of nitrogens with one attached hydrogen (secondary N) is 1. The number of thiol groups is 1. The predicted molar refractivity (Wildman–Crippen MR) is 68.4 cm³/mol. The van der Waals surface area contributed by atoms with Crippen LogP contribution in [-0.2, 0) is 7.05 Å². The molecule has 1 aromatic carbocycles. The molecule has 1 aromatic heterocycles. The molecule has 5 heteroatoms. The van der Waals surface area contributed by atoms with E-state index in [9.17, 15) is 4.79 Å². The van der Waals surface area contributed by atoms with Crippen molar-refractivity contribution in [2.24, 2.45) is 7.05 Å². The highest BCUT2D eigenvalue weighted by molar-refractivity contribution is 7.80. The van der Waals surface area contributed by atoms with Crippen LogP contribution in [0.25, 0.3) is 11.1 Å². The van der Waals surface area contributed by atoms with Gasteiger partial charge < -0.3 is 9.73 Å². The number of aryl methyl sites for hydroxylation is 1. The van der Waals surface area contributed by atoms with Crippen molar-refractivity contribution < 1.29 is 4.42 Å². The second-order valence-corrected chi connectivity index (χ2v) is 4.06. The van der Waals surface area contributed by atoms with Crippen LogP contribution < -0.4 is 11.1 Å². The SMILES string of the molecule is Cn1c(=O)oc2cc(NCCCS)ccc21. The second kappa shape index (κ2) is 4.65. The Morgan fingerprint density at radius 2 is 2.31 bits per heavy atom. The van der Waals surface area contributed by atoms with Crippen LogP contribution in [0.3, 0.4) is 0 Å². The van der Waals surface area contributed by atoms with E-state index in [1.807, 2.05) is 18.2 Å². The Morgan fingerprint density at radius 3 is 3.06 bits per heavy atom. The van der Waals surface area contributed by atoms with Gasteiger partial charge in [-0.05, 0) is 24.3 Å². The van der Waals surface area contributed by atoms with Gasteiger partial charge in [0.1, 0.15) is 0 Å². The highest BCUT2D eigenvalue weighted by atomic mass is 32.1. The molecule has 2 rings (SSSR count). The van der Waals surface area contributed by atoms with E-state index in [2.05, 4.69) is 17.9 Å². The van der Waals surface area contributed by atoms with Crippen LogP contribution in [0, 0.1) is 0 Å². The normalized spacial score (nSPS) is 10.9. The highest BCUT2D eigenvalue weighted by Gasteiger charge is 2.05. The quantitative estimate of drug-likeness (QED) is 0.631. The minimum atomic E-state index is -0.331. The Bertz CT molecular complexity index is 544. The molecule has 0 aliphatic carbocycles. The minimum Gasteiger partial charge on any atom is -0.408 e. The summed E-state index contributed by atoms with van der Waals surface area (Å²) in [6, 6.07) is 5.66. The Labute approximate surface area is 98.7 Å². The number of benzene rings is 1. The van der Waals surface area contributed by atoms with E-state index >= 15 is 0 Å². The van der Waals surface area contributed by atoms with Gasteiger partial charge in [0.2, 0.25) is 0 Å². The fourth-order valence-corrected chi connectivity index (χ4v) is 1.71. The van der Waals surface area contributed by atoms with Gasteiger partial charge in [0.25, 0.3) is 0 Å². The van der Waals surface area contributed by atoms with Gasteiger partial charge in [-0.3, -0.25) is 4.57 Å². The number of rotatable bonds is 4. The highest BCUT2D eigenvalue weighted by Crippen LogP contribution is 2.17. The Kier molecular flexibility index (Phi) is 3.24. The van der Waals surface area contributed by atoms with Gasteiger partial charge in [0.15, 0.2) is 5.58 Å². The molecule has 0 unspecified atom stereocenters. The van der Waals surface area contributed by atoms with Crippen molar-refractivity contribution in [1.29, 1.82) is 0 Å². The van der Waals surface area contributed by atoms with E-state index in [0.717, 1.165) is 29.9 Å². The summed E-state index contributed by atoms with van der Waals surface area (Å²) in [5.41, 5.74) is 2.39. The van der Waals surface area contributed by atoms with Gasteiger partial charge >= 0.3 is 5.76 Å². The Balaban J connectivity index is 2.27. The molecule has 0 aliphatic heterocycles. The third-order valence-electron chi connectivity index (χ3n) is 2.46. The van der Waals surface area contributed by atoms with Crippen LogP contribution in [0.1, 0.15) is 6.42 Å². The fourth-order valence-electron chi connectivity index (χ4n) is 1.56. The molecule has 1 heterocycles. The largest absolute Gasteiger partial charge is 0.419 e. The summed E-state index contributed by atoms with van der Waals surface area (Å²) < 4.78 is 6.59. The summed E-state index contributed by atoms with van der Waals surface area (Å²) in [5, 5.41) is 3.25. The number of nitrogens with zero attached hydrogens (tertiary/aromatic N) is 1. The van der Waals surface area contributed by atoms with Crippen molar-refractivity contribution in [2.75, 3.05) is 17.6 Å². The molecule has 0 saturated carbocycles. The van der Waals surface area contributed by atoms with Crippen molar-refractivity contribution in [2.45, 2.75) is 6.42 Å². The van der Waals surface area contributed by atoms with E-state index in [0.29, 0.717) is 5.58 Å². The van der Waals surface area contributed by atoms with Gasteiger partial charge in [-0.2, -0.15) is 12.6 Å². The zero-order valence-electron chi connectivity index (χ0n) is 9.06. The number of oxazole rings is 1. The molecule has 0 amide bonds. The monoisotopic (exact) mass is 238 g/mol. The summed E-state index contributed by atoms with van der Waals surface area (Å²) in [4.78, 5) is 11.3. The zero-order valence-corrected chi connectivity index (χ0v) is 9.96. The Morgan fingerprint density at radius 1 is 1.50 bits per heavy atom. The molecule has 1 N–H and O–H groups in total. The lowest BCUT2D eigenvalue weighted by atomic mass is 10.3. The number of fused-ring (bicyclic) bond motifs is 1. The van der Waals surface area contributed by atoms with Crippen molar-refractivity contribution in [1.82, 2.24) is 4.57 Å². The average molecular weight is 238 g/mol.